The molecule has 9 heteroatoms. The molecule has 0 spiro atoms. The molecule has 0 saturated heterocycles. The van der Waals surface area contributed by atoms with E-state index in [1.165, 1.54) is 12.3 Å². The molecule has 33 heavy (non-hydrogen) atoms. The van der Waals surface area contributed by atoms with Crippen molar-refractivity contribution >= 4 is 60.9 Å². The van der Waals surface area contributed by atoms with Gasteiger partial charge in [0.05, 0.1) is 16.3 Å². The highest BCUT2D eigenvalue weighted by Crippen LogP contribution is 2.27. The molecule has 0 radical (unpaired) electrons. The maximum atomic E-state index is 12.3. The number of rotatable bonds is 7. The van der Waals surface area contributed by atoms with Crippen LogP contribution in [0.5, 0.6) is 5.75 Å². The molecule has 0 saturated carbocycles. The molecule has 4 aromatic rings. The van der Waals surface area contributed by atoms with E-state index in [-0.39, 0.29) is 17.9 Å². The van der Waals surface area contributed by atoms with Crippen molar-refractivity contribution < 1.29 is 23.8 Å². The van der Waals surface area contributed by atoms with Crippen molar-refractivity contribution in [2.45, 2.75) is 6.61 Å². The first-order valence-corrected chi connectivity index (χ1v) is 11.2. The van der Waals surface area contributed by atoms with E-state index >= 15 is 0 Å². The molecule has 1 amide bonds. The number of amides is 1. The quantitative estimate of drug-likeness (QED) is 0.209. The van der Waals surface area contributed by atoms with E-state index in [0.717, 1.165) is 21.0 Å². The van der Waals surface area contributed by atoms with E-state index in [1.54, 1.807) is 48.5 Å². The Labute approximate surface area is 205 Å². The normalized spacial score (nSPS) is 11.1. The first-order chi connectivity index (χ1) is 15.9. The summed E-state index contributed by atoms with van der Waals surface area (Å²) in [5.74, 6) is -0.689. The molecule has 7 nitrogen and oxygen atoms in total. The Hall–Kier alpha value is -3.43. The van der Waals surface area contributed by atoms with Crippen LogP contribution >= 0.6 is 31.9 Å². The lowest BCUT2D eigenvalue weighted by molar-refractivity contribution is 0.0696. The number of carboxylic acid groups (broad SMARTS) is 1. The second kappa shape index (κ2) is 10.0. The SMILES string of the molecule is O=C(O)c1cccc(COc2ccc(/C=N/NC(=O)c3cc4cc(Br)ccc4o3)cc2Br)c1. The lowest BCUT2D eigenvalue weighted by Gasteiger charge is -2.09. The maximum Gasteiger partial charge on any atom is 0.335 e. The molecule has 3 aromatic carbocycles. The van der Waals surface area contributed by atoms with Crippen LogP contribution in [0, 0.1) is 0 Å². The average Bonchev–Trinajstić information content (AvgIpc) is 3.22. The van der Waals surface area contributed by atoms with E-state index in [4.69, 9.17) is 14.3 Å². The Balaban J connectivity index is 1.36. The van der Waals surface area contributed by atoms with Crippen molar-refractivity contribution in [1.29, 1.82) is 0 Å². The highest BCUT2D eigenvalue weighted by atomic mass is 79.9. The minimum Gasteiger partial charge on any atom is -0.488 e. The summed E-state index contributed by atoms with van der Waals surface area (Å²) in [4.78, 5) is 23.4. The van der Waals surface area contributed by atoms with Gasteiger partial charge in [0.25, 0.3) is 0 Å². The predicted octanol–water partition coefficient (Wildman–Crippen LogP) is 6.00. The Morgan fingerprint density at radius 1 is 1.06 bits per heavy atom. The number of hydrogen-bond acceptors (Lipinski definition) is 5. The number of carboxylic acids is 1. The fraction of sp³-hybridized carbons (Fsp3) is 0.0417. The fourth-order valence-electron chi connectivity index (χ4n) is 3.02. The zero-order chi connectivity index (χ0) is 23.4. The summed E-state index contributed by atoms with van der Waals surface area (Å²) in [5, 5.41) is 13.9. The van der Waals surface area contributed by atoms with Crippen LogP contribution in [0.15, 0.2) is 85.2 Å². The molecule has 0 fully saturated rings. The summed E-state index contributed by atoms with van der Waals surface area (Å²) in [7, 11) is 0. The topological polar surface area (TPSA) is 101 Å². The monoisotopic (exact) mass is 570 g/mol. The van der Waals surface area contributed by atoms with Crippen LogP contribution in [0.25, 0.3) is 11.0 Å². The lowest BCUT2D eigenvalue weighted by atomic mass is 10.1. The minimum absolute atomic E-state index is 0.164. The second-order valence-electron chi connectivity index (χ2n) is 6.98. The smallest absolute Gasteiger partial charge is 0.335 e. The van der Waals surface area contributed by atoms with Gasteiger partial charge in [-0.2, -0.15) is 5.10 Å². The molecule has 0 aliphatic carbocycles. The summed E-state index contributed by atoms with van der Waals surface area (Å²) >= 11 is 6.84. The number of nitrogens with one attached hydrogen (secondary N) is 1. The van der Waals surface area contributed by atoms with Crippen molar-refractivity contribution in [2.24, 2.45) is 5.10 Å². The van der Waals surface area contributed by atoms with Gasteiger partial charge in [-0.1, -0.05) is 28.1 Å². The van der Waals surface area contributed by atoms with E-state index in [1.807, 2.05) is 12.1 Å². The van der Waals surface area contributed by atoms with Gasteiger partial charge < -0.3 is 14.3 Å². The first-order valence-electron chi connectivity index (χ1n) is 9.66. The molecule has 0 unspecified atom stereocenters. The predicted molar refractivity (Wildman–Crippen MR) is 131 cm³/mol. The molecule has 0 atom stereocenters. The number of nitrogens with zero attached hydrogens (tertiary/aromatic N) is 1. The standard InChI is InChI=1S/C24H16Br2N2O5/c25-18-5-7-20-17(10-18)11-22(33-20)23(29)28-27-12-14-4-6-21(19(26)9-14)32-13-15-2-1-3-16(8-15)24(30)31/h1-12H,13H2,(H,28,29)(H,30,31)/b27-12+. The molecule has 1 heterocycles. The van der Waals surface area contributed by atoms with Crippen LogP contribution in [0.2, 0.25) is 0 Å². The molecule has 2 N–H and O–H groups in total. The van der Waals surface area contributed by atoms with Gasteiger partial charge in [0, 0.05) is 9.86 Å². The molecule has 4 rings (SSSR count). The third kappa shape index (κ3) is 5.68. The molecule has 0 aliphatic heterocycles. The van der Waals surface area contributed by atoms with Gasteiger partial charge in [-0.05, 0) is 81.7 Å². The minimum atomic E-state index is -0.984. The van der Waals surface area contributed by atoms with Crippen LogP contribution in [0.3, 0.4) is 0 Å². The largest absolute Gasteiger partial charge is 0.488 e. The van der Waals surface area contributed by atoms with Gasteiger partial charge in [0.2, 0.25) is 0 Å². The zero-order valence-electron chi connectivity index (χ0n) is 16.9. The number of hydrogen-bond donors (Lipinski definition) is 2. The highest BCUT2D eigenvalue weighted by Gasteiger charge is 2.12. The van der Waals surface area contributed by atoms with Crippen LogP contribution in [-0.2, 0) is 6.61 Å². The maximum absolute atomic E-state index is 12.3. The molecule has 1 aromatic heterocycles. The summed E-state index contributed by atoms with van der Waals surface area (Å²) in [6.45, 7) is 0.220. The van der Waals surface area contributed by atoms with Crippen molar-refractivity contribution in [3.8, 4) is 5.75 Å². The van der Waals surface area contributed by atoms with E-state index in [9.17, 15) is 9.59 Å². The Morgan fingerprint density at radius 2 is 1.91 bits per heavy atom. The van der Waals surface area contributed by atoms with Gasteiger partial charge in [0.1, 0.15) is 17.9 Å². The van der Waals surface area contributed by atoms with Crippen molar-refractivity contribution in [3.05, 3.63) is 98.1 Å². The third-order valence-corrected chi connectivity index (χ3v) is 5.72. The van der Waals surface area contributed by atoms with Gasteiger partial charge in [-0.15, -0.1) is 0 Å². The summed E-state index contributed by atoms with van der Waals surface area (Å²) in [5.41, 5.74) is 4.74. The second-order valence-corrected chi connectivity index (χ2v) is 8.75. The molecular formula is C24H16Br2N2O5. The summed E-state index contributed by atoms with van der Waals surface area (Å²) in [6.07, 6.45) is 1.50. The first kappa shape index (κ1) is 22.8. The average molecular weight is 572 g/mol. The lowest BCUT2D eigenvalue weighted by Crippen LogP contribution is -2.16. The van der Waals surface area contributed by atoms with Crippen molar-refractivity contribution in [3.63, 3.8) is 0 Å². The number of aromatic carboxylic acids is 1. The number of furan rings is 1. The van der Waals surface area contributed by atoms with E-state index in [0.29, 0.717) is 15.8 Å². The van der Waals surface area contributed by atoms with Gasteiger partial charge in [-0.3, -0.25) is 4.79 Å². The van der Waals surface area contributed by atoms with Crippen molar-refractivity contribution in [2.75, 3.05) is 0 Å². The fourth-order valence-corrected chi connectivity index (χ4v) is 3.91. The van der Waals surface area contributed by atoms with E-state index in [2.05, 4.69) is 42.4 Å². The Morgan fingerprint density at radius 3 is 2.70 bits per heavy atom. The summed E-state index contributed by atoms with van der Waals surface area (Å²) in [6, 6.07) is 19.0. The highest BCUT2D eigenvalue weighted by molar-refractivity contribution is 9.10. The number of ether oxygens (including phenoxy) is 1. The molecule has 0 bridgehead atoms. The summed E-state index contributed by atoms with van der Waals surface area (Å²) < 4.78 is 12.9. The number of benzene rings is 3. The third-order valence-electron chi connectivity index (χ3n) is 4.61. The number of hydrazone groups is 1. The van der Waals surface area contributed by atoms with Gasteiger partial charge >= 0.3 is 11.9 Å². The van der Waals surface area contributed by atoms with Crippen LogP contribution < -0.4 is 10.2 Å². The molecule has 166 valence electrons. The van der Waals surface area contributed by atoms with Crippen molar-refractivity contribution in [1.82, 2.24) is 5.43 Å². The van der Waals surface area contributed by atoms with Gasteiger partial charge in [0.15, 0.2) is 5.76 Å². The number of carbonyl (C=O) groups is 2. The van der Waals surface area contributed by atoms with E-state index < -0.39 is 11.9 Å². The number of carbonyl (C=O) groups excluding carboxylic acids is 1. The number of fused-ring (bicyclic) bond motifs is 1. The Bertz CT molecular complexity index is 1380. The van der Waals surface area contributed by atoms with Crippen LogP contribution in [0.1, 0.15) is 32.0 Å². The molecular weight excluding hydrogens is 556 g/mol. The Kier molecular flexibility index (Phi) is 6.90. The van der Waals surface area contributed by atoms with Crippen LogP contribution in [-0.4, -0.2) is 23.2 Å². The van der Waals surface area contributed by atoms with Gasteiger partial charge in [-0.25, -0.2) is 10.2 Å². The van der Waals surface area contributed by atoms with Crippen LogP contribution in [0.4, 0.5) is 0 Å². The molecule has 0 aliphatic rings. The number of halogens is 2. The zero-order valence-corrected chi connectivity index (χ0v) is 20.1.